The maximum atomic E-state index is 12.2. The fourth-order valence-corrected chi connectivity index (χ4v) is 2.39. The normalized spacial score (nSPS) is 11.2. The number of rotatable bonds is 9. The summed E-state index contributed by atoms with van der Waals surface area (Å²) in [5.74, 6) is -1.49. The number of esters is 1. The van der Waals surface area contributed by atoms with Gasteiger partial charge in [-0.25, -0.2) is 4.79 Å². The Balaban J connectivity index is 1.88. The van der Waals surface area contributed by atoms with Gasteiger partial charge in [0.15, 0.2) is 30.0 Å². The number of hydrogen-bond donors (Lipinski definition) is 2. The first-order chi connectivity index (χ1) is 14.2. The van der Waals surface area contributed by atoms with E-state index < -0.39 is 30.5 Å². The van der Waals surface area contributed by atoms with E-state index in [0.717, 1.165) is 0 Å². The van der Waals surface area contributed by atoms with E-state index in [1.807, 2.05) is 0 Å². The standard InChI is InChI=1S/C21H22N2O7/c1-12(24)15-6-9-17(18(10-15)28-3)29-11-19(25)30-13(2)21(27)23-16-7-4-14(5-8-16)20(22)26/h4-10,13H,11H2,1-3H3,(H2,22,26)(H,23,27)/t13-/m1/s1. The van der Waals surface area contributed by atoms with E-state index in [9.17, 15) is 19.2 Å². The third-order valence-electron chi connectivity index (χ3n) is 4.03. The summed E-state index contributed by atoms with van der Waals surface area (Å²) >= 11 is 0. The molecule has 0 saturated heterocycles. The Morgan fingerprint density at radius 3 is 2.20 bits per heavy atom. The van der Waals surface area contributed by atoms with Crippen molar-refractivity contribution in [2.75, 3.05) is 19.0 Å². The second kappa shape index (κ2) is 10.1. The van der Waals surface area contributed by atoms with E-state index in [1.165, 1.54) is 57.4 Å². The Bertz CT molecular complexity index is 954. The Labute approximate surface area is 173 Å². The molecule has 158 valence electrons. The van der Waals surface area contributed by atoms with Gasteiger partial charge in [0.1, 0.15) is 0 Å². The highest BCUT2D eigenvalue weighted by atomic mass is 16.6. The molecule has 0 aromatic heterocycles. The lowest BCUT2D eigenvalue weighted by Gasteiger charge is -2.15. The van der Waals surface area contributed by atoms with Crippen molar-refractivity contribution in [1.29, 1.82) is 0 Å². The molecule has 0 saturated carbocycles. The Kier molecular flexibility index (Phi) is 7.51. The van der Waals surface area contributed by atoms with Crippen LogP contribution in [0, 0.1) is 0 Å². The summed E-state index contributed by atoms with van der Waals surface area (Å²) in [4.78, 5) is 46.7. The smallest absolute Gasteiger partial charge is 0.344 e. The van der Waals surface area contributed by atoms with Crippen molar-refractivity contribution in [1.82, 2.24) is 0 Å². The SMILES string of the molecule is COc1cc(C(C)=O)ccc1OCC(=O)O[C@H](C)C(=O)Nc1ccc(C(N)=O)cc1. The van der Waals surface area contributed by atoms with E-state index in [0.29, 0.717) is 22.6 Å². The molecule has 0 heterocycles. The van der Waals surface area contributed by atoms with Crippen molar-refractivity contribution in [3.63, 3.8) is 0 Å². The molecule has 0 aliphatic heterocycles. The lowest BCUT2D eigenvalue weighted by molar-refractivity contribution is -0.155. The zero-order chi connectivity index (χ0) is 22.3. The average molecular weight is 414 g/mol. The Morgan fingerprint density at radius 1 is 1.00 bits per heavy atom. The number of nitrogens with one attached hydrogen (secondary N) is 1. The van der Waals surface area contributed by atoms with E-state index in [4.69, 9.17) is 19.9 Å². The molecule has 2 rings (SSSR count). The topological polar surface area (TPSA) is 134 Å². The monoisotopic (exact) mass is 414 g/mol. The van der Waals surface area contributed by atoms with Gasteiger partial charge in [-0.3, -0.25) is 14.4 Å². The number of amides is 2. The van der Waals surface area contributed by atoms with Gasteiger partial charge in [-0.1, -0.05) is 0 Å². The molecule has 2 amide bonds. The average Bonchev–Trinajstić information content (AvgIpc) is 2.72. The maximum Gasteiger partial charge on any atom is 0.344 e. The number of Topliss-reactive ketones (excluding diaryl/α,β-unsaturated/α-hetero) is 1. The molecule has 0 unspecified atom stereocenters. The van der Waals surface area contributed by atoms with Gasteiger partial charge in [0, 0.05) is 16.8 Å². The van der Waals surface area contributed by atoms with Crippen LogP contribution in [0.25, 0.3) is 0 Å². The number of methoxy groups -OCH3 is 1. The predicted molar refractivity (Wildman–Crippen MR) is 108 cm³/mol. The van der Waals surface area contributed by atoms with Gasteiger partial charge in [-0.05, 0) is 56.3 Å². The van der Waals surface area contributed by atoms with E-state index in [-0.39, 0.29) is 11.5 Å². The minimum Gasteiger partial charge on any atom is -0.493 e. The molecule has 2 aromatic carbocycles. The molecule has 0 spiro atoms. The second-order valence-electron chi connectivity index (χ2n) is 6.27. The van der Waals surface area contributed by atoms with Crippen LogP contribution in [0.4, 0.5) is 5.69 Å². The summed E-state index contributed by atoms with van der Waals surface area (Å²) in [6.07, 6.45) is -1.08. The zero-order valence-electron chi connectivity index (χ0n) is 16.8. The van der Waals surface area contributed by atoms with Crippen molar-refractivity contribution in [2.24, 2.45) is 5.73 Å². The van der Waals surface area contributed by atoms with Gasteiger partial charge in [0.05, 0.1) is 7.11 Å². The fraction of sp³-hybridized carbons (Fsp3) is 0.238. The summed E-state index contributed by atoms with van der Waals surface area (Å²) in [6, 6.07) is 10.5. The fourth-order valence-electron chi connectivity index (χ4n) is 2.39. The second-order valence-corrected chi connectivity index (χ2v) is 6.27. The van der Waals surface area contributed by atoms with Crippen LogP contribution < -0.4 is 20.5 Å². The van der Waals surface area contributed by atoms with Crippen LogP contribution in [0.2, 0.25) is 0 Å². The predicted octanol–water partition coefficient (Wildman–Crippen LogP) is 1.95. The summed E-state index contributed by atoms with van der Waals surface area (Å²) in [5, 5.41) is 2.56. The van der Waals surface area contributed by atoms with Gasteiger partial charge in [-0.15, -0.1) is 0 Å². The van der Waals surface area contributed by atoms with Gasteiger partial charge in [0.25, 0.3) is 5.91 Å². The van der Waals surface area contributed by atoms with Crippen LogP contribution in [0.1, 0.15) is 34.6 Å². The van der Waals surface area contributed by atoms with Crippen LogP contribution in [-0.2, 0) is 14.3 Å². The number of carbonyl (C=O) groups is 4. The molecular formula is C21H22N2O7. The van der Waals surface area contributed by atoms with Crippen LogP contribution in [0.5, 0.6) is 11.5 Å². The molecule has 0 fully saturated rings. The van der Waals surface area contributed by atoms with E-state index >= 15 is 0 Å². The third-order valence-corrected chi connectivity index (χ3v) is 4.03. The molecule has 30 heavy (non-hydrogen) atoms. The van der Waals surface area contributed by atoms with Crippen LogP contribution >= 0.6 is 0 Å². The Morgan fingerprint density at radius 2 is 1.63 bits per heavy atom. The first-order valence-corrected chi connectivity index (χ1v) is 8.93. The molecule has 0 aliphatic carbocycles. The molecule has 9 heteroatoms. The number of carbonyl (C=O) groups excluding carboxylic acids is 4. The number of anilines is 1. The molecular weight excluding hydrogens is 392 g/mol. The first-order valence-electron chi connectivity index (χ1n) is 8.93. The molecule has 2 aromatic rings. The van der Waals surface area contributed by atoms with Crippen molar-refractivity contribution < 1.29 is 33.4 Å². The van der Waals surface area contributed by atoms with Crippen molar-refractivity contribution in [3.8, 4) is 11.5 Å². The Hall–Kier alpha value is -3.88. The molecule has 0 radical (unpaired) electrons. The van der Waals surface area contributed by atoms with Gasteiger partial charge < -0.3 is 25.3 Å². The van der Waals surface area contributed by atoms with Gasteiger partial charge >= 0.3 is 5.97 Å². The zero-order valence-corrected chi connectivity index (χ0v) is 16.8. The van der Waals surface area contributed by atoms with Crippen molar-refractivity contribution in [2.45, 2.75) is 20.0 Å². The van der Waals surface area contributed by atoms with E-state index in [2.05, 4.69) is 5.32 Å². The number of benzene rings is 2. The summed E-state index contributed by atoms with van der Waals surface area (Å²) in [6.45, 7) is 2.37. The molecule has 0 bridgehead atoms. The number of ether oxygens (including phenoxy) is 3. The molecule has 3 N–H and O–H groups in total. The van der Waals surface area contributed by atoms with Crippen molar-refractivity contribution in [3.05, 3.63) is 53.6 Å². The number of ketones is 1. The van der Waals surface area contributed by atoms with Crippen LogP contribution in [0.3, 0.4) is 0 Å². The third kappa shape index (κ3) is 6.06. The quantitative estimate of drug-likeness (QED) is 0.473. The summed E-state index contributed by atoms with van der Waals surface area (Å²) < 4.78 is 15.6. The van der Waals surface area contributed by atoms with Crippen molar-refractivity contribution >= 4 is 29.3 Å². The molecule has 1 atom stereocenters. The van der Waals surface area contributed by atoms with Crippen LogP contribution in [-0.4, -0.2) is 43.4 Å². The molecule has 9 nitrogen and oxygen atoms in total. The van der Waals surface area contributed by atoms with Gasteiger partial charge in [-0.2, -0.15) is 0 Å². The van der Waals surface area contributed by atoms with E-state index in [1.54, 1.807) is 6.07 Å². The summed E-state index contributed by atoms with van der Waals surface area (Å²) in [7, 11) is 1.41. The lowest BCUT2D eigenvalue weighted by Crippen LogP contribution is -2.31. The minimum atomic E-state index is -1.08. The number of nitrogens with two attached hydrogens (primary N) is 1. The van der Waals surface area contributed by atoms with Crippen LogP contribution in [0.15, 0.2) is 42.5 Å². The number of primary amides is 1. The maximum absolute atomic E-state index is 12.2. The highest BCUT2D eigenvalue weighted by Gasteiger charge is 2.19. The minimum absolute atomic E-state index is 0.136. The summed E-state index contributed by atoms with van der Waals surface area (Å²) in [5.41, 5.74) is 6.32. The first kappa shape index (κ1) is 22.4. The largest absolute Gasteiger partial charge is 0.493 e. The number of hydrogen-bond acceptors (Lipinski definition) is 7. The highest BCUT2D eigenvalue weighted by Crippen LogP contribution is 2.28. The molecule has 0 aliphatic rings. The highest BCUT2D eigenvalue weighted by molar-refractivity contribution is 5.97. The lowest BCUT2D eigenvalue weighted by atomic mass is 10.1. The van der Waals surface area contributed by atoms with Gasteiger partial charge in [0.2, 0.25) is 5.91 Å².